The van der Waals surface area contributed by atoms with Crippen LogP contribution in [0.25, 0.3) is 17.0 Å². The van der Waals surface area contributed by atoms with Crippen molar-refractivity contribution in [3.63, 3.8) is 0 Å². The topological polar surface area (TPSA) is 113 Å². The Kier molecular flexibility index (Phi) is 6.18. The standard InChI is InChI=1S/C28H27ClN8O3/c1-14(2)36-23-21(31-25(36)20-12-30-28(40-6)32-26(20)39-5)27(38)37(22(23)17-7-9-18(29)10-8-17)19-11-15(3)24-34-33-16(4)35(24)13-19/h7-14,22H,1-6H3. The van der Waals surface area contributed by atoms with E-state index in [9.17, 15) is 4.79 Å². The van der Waals surface area contributed by atoms with Gasteiger partial charge in [0.25, 0.3) is 5.91 Å². The van der Waals surface area contributed by atoms with Crippen LogP contribution in [0, 0.1) is 13.8 Å². The molecule has 1 unspecified atom stereocenters. The van der Waals surface area contributed by atoms with Crippen molar-refractivity contribution >= 4 is 28.8 Å². The number of benzene rings is 1. The molecule has 6 rings (SSSR count). The lowest BCUT2D eigenvalue weighted by Crippen LogP contribution is -2.30. The molecule has 1 aliphatic heterocycles. The lowest BCUT2D eigenvalue weighted by molar-refractivity contribution is 0.0989. The molecule has 11 nitrogen and oxygen atoms in total. The number of ether oxygens (including phenoxy) is 2. The molecule has 40 heavy (non-hydrogen) atoms. The summed E-state index contributed by atoms with van der Waals surface area (Å²) in [7, 11) is 3.01. The third-order valence-electron chi connectivity index (χ3n) is 7.06. The Labute approximate surface area is 235 Å². The minimum absolute atomic E-state index is 0.0649. The number of hydrogen-bond acceptors (Lipinski definition) is 8. The largest absolute Gasteiger partial charge is 0.480 e. The normalized spacial score (nSPS) is 14.8. The maximum atomic E-state index is 14.3. The van der Waals surface area contributed by atoms with Gasteiger partial charge in [0.1, 0.15) is 17.7 Å². The minimum atomic E-state index is -0.484. The van der Waals surface area contributed by atoms with Crippen molar-refractivity contribution in [2.45, 2.75) is 39.8 Å². The first kappa shape index (κ1) is 25.8. The second-order valence-electron chi connectivity index (χ2n) is 9.86. The molecule has 1 aliphatic rings. The molecule has 12 heteroatoms. The lowest BCUT2D eigenvalue weighted by atomic mass is 10.0. The van der Waals surface area contributed by atoms with Gasteiger partial charge in [0.15, 0.2) is 11.3 Å². The van der Waals surface area contributed by atoms with E-state index in [1.54, 1.807) is 11.1 Å². The number of amides is 1. The molecule has 1 aromatic carbocycles. The van der Waals surface area contributed by atoms with E-state index in [4.69, 9.17) is 26.1 Å². The van der Waals surface area contributed by atoms with Crippen LogP contribution >= 0.6 is 11.6 Å². The van der Waals surface area contributed by atoms with E-state index < -0.39 is 6.04 Å². The van der Waals surface area contributed by atoms with Gasteiger partial charge >= 0.3 is 6.01 Å². The van der Waals surface area contributed by atoms with Crippen LogP contribution in [0.1, 0.15) is 59.1 Å². The Hall–Kier alpha value is -4.51. The maximum Gasteiger partial charge on any atom is 0.319 e. The molecule has 4 aromatic heterocycles. The van der Waals surface area contributed by atoms with E-state index in [0.717, 1.165) is 28.3 Å². The number of carbonyl (C=O) groups excluding carboxylic acids is 1. The fraction of sp³-hybridized carbons (Fsp3) is 0.286. The highest BCUT2D eigenvalue weighted by atomic mass is 35.5. The molecule has 0 fully saturated rings. The molecule has 5 heterocycles. The summed E-state index contributed by atoms with van der Waals surface area (Å²) in [5.74, 6) is 1.33. The van der Waals surface area contributed by atoms with Gasteiger partial charge in [-0.05, 0) is 57.0 Å². The van der Waals surface area contributed by atoms with Crippen LogP contribution in [0.4, 0.5) is 5.69 Å². The lowest BCUT2D eigenvalue weighted by Gasteiger charge is -2.29. The molecule has 5 aromatic rings. The highest BCUT2D eigenvalue weighted by molar-refractivity contribution is 6.30. The van der Waals surface area contributed by atoms with Gasteiger partial charge in [-0.1, -0.05) is 23.7 Å². The third-order valence-corrected chi connectivity index (χ3v) is 7.31. The van der Waals surface area contributed by atoms with Crippen molar-refractivity contribution in [1.29, 1.82) is 0 Å². The van der Waals surface area contributed by atoms with Crippen LogP contribution in [0.15, 0.2) is 42.7 Å². The molecule has 0 bridgehead atoms. The van der Waals surface area contributed by atoms with Gasteiger partial charge in [0.05, 0.1) is 31.2 Å². The highest BCUT2D eigenvalue weighted by Crippen LogP contribution is 2.45. The van der Waals surface area contributed by atoms with Crippen molar-refractivity contribution in [3.8, 4) is 23.3 Å². The van der Waals surface area contributed by atoms with Crippen LogP contribution in [0.3, 0.4) is 0 Å². The summed E-state index contributed by atoms with van der Waals surface area (Å²) in [4.78, 5) is 29.6. The number of fused-ring (bicyclic) bond motifs is 2. The number of nitrogens with zero attached hydrogens (tertiary/aromatic N) is 8. The summed E-state index contributed by atoms with van der Waals surface area (Å²) in [5, 5.41) is 9.10. The molecule has 1 amide bonds. The van der Waals surface area contributed by atoms with Crippen LogP contribution in [0.2, 0.25) is 5.02 Å². The van der Waals surface area contributed by atoms with Crippen molar-refractivity contribution < 1.29 is 14.3 Å². The molecule has 204 valence electrons. The number of anilines is 1. The van der Waals surface area contributed by atoms with Crippen molar-refractivity contribution in [1.82, 2.24) is 34.1 Å². The predicted molar refractivity (Wildman–Crippen MR) is 149 cm³/mol. The summed E-state index contributed by atoms with van der Waals surface area (Å²) in [6.07, 6.45) is 3.50. The zero-order chi connectivity index (χ0) is 28.3. The molecule has 0 radical (unpaired) electrons. The number of imidazole rings is 1. The first-order valence-electron chi connectivity index (χ1n) is 12.7. The molecule has 1 atom stereocenters. The van der Waals surface area contributed by atoms with Gasteiger partial charge in [-0.25, -0.2) is 9.97 Å². The van der Waals surface area contributed by atoms with Gasteiger partial charge < -0.3 is 14.0 Å². The molecular weight excluding hydrogens is 532 g/mol. The highest BCUT2D eigenvalue weighted by Gasteiger charge is 2.45. The summed E-state index contributed by atoms with van der Waals surface area (Å²) in [5.41, 5.74) is 4.90. The van der Waals surface area contributed by atoms with E-state index >= 15 is 0 Å². The van der Waals surface area contributed by atoms with E-state index in [1.165, 1.54) is 14.2 Å². The Bertz CT molecular complexity index is 1780. The number of methoxy groups -OCH3 is 2. The number of aromatic nitrogens is 7. The summed E-state index contributed by atoms with van der Waals surface area (Å²) < 4.78 is 14.7. The molecule has 0 spiro atoms. The minimum Gasteiger partial charge on any atom is -0.480 e. The molecule has 0 aliphatic carbocycles. The van der Waals surface area contributed by atoms with Crippen molar-refractivity contribution in [3.05, 3.63) is 76.1 Å². The van der Waals surface area contributed by atoms with Crippen LogP contribution in [-0.2, 0) is 0 Å². The van der Waals surface area contributed by atoms with Gasteiger partial charge in [-0.3, -0.25) is 14.1 Å². The van der Waals surface area contributed by atoms with Gasteiger partial charge in [0, 0.05) is 23.5 Å². The first-order chi connectivity index (χ1) is 19.2. The Morgan fingerprint density at radius 1 is 1.02 bits per heavy atom. The number of hydrogen-bond donors (Lipinski definition) is 0. The van der Waals surface area contributed by atoms with E-state index in [2.05, 4.69) is 24.7 Å². The average molecular weight is 559 g/mol. The summed E-state index contributed by atoms with van der Waals surface area (Å²) >= 11 is 6.26. The quantitative estimate of drug-likeness (QED) is 0.286. The van der Waals surface area contributed by atoms with E-state index in [1.807, 2.05) is 68.6 Å². The average Bonchev–Trinajstić information content (AvgIpc) is 3.60. The van der Waals surface area contributed by atoms with Crippen molar-refractivity contribution in [2.75, 3.05) is 19.1 Å². The fourth-order valence-electron chi connectivity index (χ4n) is 5.29. The number of rotatable bonds is 6. The zero-order valence-corrected chi connectivity index (χ0v) is 23.6. The van der Waals surface area contributed by atoms with Crippen molar-refractivity contribution in [2.24, 2.45) is 0 Å². The zero-order valence-electron chi connectivity index (χ0n) is 22.9. The van der Waals surface area contributed by atoms with Gasteiger partial charge in [-0.2, -0.15) is 4.98 Å². The number of aryl methyl sites for hydroxylation is 2. The van der Waals surface area contributed by atoms with Crippen LogP contribution < -0.4 is 14.4 Å². The summed E-state index contributed by atoms with van der Waals surface area (Å²) in [6, 6.07) is 9.11. The number of carbonyl (C=O) groups is 1. The fourth-order valence-corrected chi connectivity index (χ4v) is 5.41. The molecule has 0 N–H and O–H groups in total. The van der Waals surface area contributed by atoms with Crippen LogP contribution in [-0.4, -0.2) is 54.2 Å². The molecule has 0 saturated heterocycles. The Morgan fingerprint density at radius 2 is 1.77 bits per heavy atom. The number of halogens is 1. The molecule has 0 saturated carbocycles. The second-order valence-corrected chi connectivity index (χ2v) is 10.3. The first-order valence-corrected chi connectivity index (χ1v) is 13.1. The maximum absolute atomic E-state index is 14.3. The van der Waals surface area contributed by atoms with E-state index in [0.29, 0.717) is 33.7 Å². The number of pyridine rings is 1. The van der Waals surface area contributed by atoms with Gasteiger partial charge in [0.2, 0.25) is 5.88 Å². The summed E-state index contributed by atoms with van der Waals surface area (Å²) in [6.45, 7) is 7.93. The smallest absolute Gasteiger partial charge is 0.319 e. The van der Waals surface area contributed by atoms with Gasteiger partial charge in [-0.15, -0.1) is 10.2 Å². The monoisotopic (exact) mass is 558 g/mol. The second kappa shape index (κ2) is 9.60. The molecular formula is C28H27ClN8O3. The Balaban J connectivity index is 1.61. The van der Waals surface area contributed by atoms with Crippen LogP contribution in [0.5, 0.6) is 11.9 Å². The predicted octanol–water partition coefficient (Wildman–Crippen LogP) is 5.00. The SMILES string of the molecule is COc1ncc(-c2nc3c(n2C(C)C)C(c2ccc(Cl)cc2)N(c2cc(C)c4nnc(C)n4c2)C3=O)c(OC)n1. The third kappa shape index (κ3) is 3.88. The van der Waals surface area contributed by atoms with E-state index in [-0.39, 0.29) is 18.0 Å². The Morgan fingerprint density at radius 3 is 2.45 bits per heavy atom.